The molecule has 0 aliphatic carbocycles. The molecule has 12 N–H and O–H groups in total. The Bertz CT molecular complexity index is 4400. The lowest BCUT2D eigenvalue weighted by molar-refractivity contribution is -0.145. The molecule has 3 aromatic heterocycles. The predicted octanol–water partition coefficient (Wildman–Crippen LogP) is 10.5. The number of alkyl carbamates (subject to hydrolysis) is 2. The van der Waals surface area contributed by atoms with Crippen LogP contribution in [0, 0.1) is 35.5 Å². The molecule has 1 aliphatic heterocycles. The van der Waals surface area contributed by atoms with Crippen LogP contribution < -0.4 is 43.4 Å². The quantitative estimate of drug-likeness (QED) is 0.0159. The molecule has 7 rings (SSSR count). The molecule has 0 spiro atoms. The number of likely N-dealkylation sites (N-methyl/N-ethyl adjacent to an activating group) is 1. The summed E-state index contributed by atoms with van der Waals surface area (Å²) in [4.78, 5) is 172. The van der Waals surface area contributed by atoms with Crippen LogP contribution in [0.4, 0.5) is 20.3 Å². The Hall–Kier alpha value is -10.4. The van der Waals surface area contributed by atoms with Crippen molar-refractivity contribution in [3.63, 3.8) is 0 Å². The van der Waals surface area contributed by atoms with Crippen LogP contribution in [0.15, 0.2) is 84.5 Å². The van der Waals surface area contributed by atoms with Crippen molar-refractivity contribution >= 4 is 93.4 Å². The van der Waals surface area contributed by atoms with E-state index < -0.39 is 66.0 Å². The number of aromatic nitrogens is 5. The Morgan fingerprint density at radius 3 is 2.02 bits per heavy atom. The van der Waals surface area contributed by atoms with Gasteiger partial charge in [0.15, 0.2) is 23.0 Å². The number of piperidine rings is 1. The number of carbonyl (C=O) groups is 11. The van der Waals surface area contributed by atoms with Crippen molar-refractivity contribution in [2.24, 2.45) is 41.2 Å². The highest BCUT2D eigenvalue weighted by molar-refractivity contribution is 7.09. The molecule has 0 bridgehead atoms. The summed E-state index contributed by atoms with van der Waals surface area (Å²) in [6.45, 7) is 20.9. The third-order valence-electron chi connectivity index (χ3n) is 22.6. The predicted molar refractivity (Wildman–Crippen MR) is 479 cm³/mol. The number of amides is 8. The van der Waals surface area contributed by atoms with E-state index in [-0.39, 0.29) is 200 Å². The Morgan fingerprint density at radius 1 is 0.667 bits per heavy atom. The number of benzene rings is 3. The lowest BCUT2D eigenvalue weighted by atomic mass is 9.82. The van der Waals surface area contributed by atoms with Crippen LogP contribution in [0.25, 0.3) is 11.2 Å². The van der Waals surface area contributed by atoms with Gasteiger partial charge in [-0.25, -0.2) is 29.3 Å². The van der Waals surface area contributed by atoms with Crippen molar-refractivity contribution in [2.75, 3.05) is 98.4 Å². The maximum absolute atomic E-state index is 15.0. The number of ether oxygens (including phenoxy) is 6. The van der Waals surface area contributed by atoms with E-state index in [1.54, 1.807) is 67.2 Å². The first-order chi connectivity index (χ1) is 60.5. The minimum atomic E-state index is -0.946. The van der Waals surface area contributed by atoms with Crippen molar-refractivity contribution in [3.8, 4) is 5.75 Å². The number of nitrogens with one attached hydrogen (secondary N) is 7. The number of aromatic hydroxyl groups is 1. The fraction of sp³-hybridized carbons (Fsp3) is 0.598. The van der Waals surface area contributed by atoms with E-state index in [0.717, 1.165) is 73.0 Å². The molecule has 1 saturated heterocycles. The molecule has 6 aromatic rings. The van der Waals surface area contributed by atoms with Gasteiger partial charge < -0.3 is 86.8 Å². The first-order valence-electron chi connectivity index (χ1n) is 44.5. The van der Waals surface area contributed by atoms with Crippen LogP contribution in [0.5, 0.6) is 5.75 Å². The van der Waals surface area contributed by atoms with Crippen molar-refractivity contribution in [3.05, 3.63) is 129 Å². The maximum atomic E-state index is 15.0. The van der Waals surface area contributed by atoms with E-state index in [4.69, 9.17) is 44.9 Å². The molecular formula is C92H135N15O18S. The number of phenols is 1. The molecule has 0 radical (unpaired) electrons. The number of Topliss-reactive ketones (excluding diaryl/α,β-unsaturated/α-hetero) is 4. The van der Waals surface area contributed by atoms with Crippen LogP contribution in [0.3, 0.4) is 0 Å². The number of rotatable bonds is 60. The summed E-state index contributed by atoms with van der Waals surface area (Å²) >= 11 is 1.31. The zero-order valence-electron chi connectivity index (χ0n) is 75.1. The number of hydrogen-bond acceptors (Lipinski definition) is 25. The third kappa shape index (κ3) is 36.2. The molecule has 3 aromatic carbocycles. The lowest BCUT2D eigenvalue weighted by Gasteiger charge is -2.40. The first-order valence-corrected chi connectivity index (χ1v) is 45.4. The van der Waals surface area contributed by atoms with Gasteiger partial charge in [-0.1, -0.05) is 136 Å². The van der Waals surface area contributed by atoms with Gasteiger partial charge in [0.2, 0.25) is 23.7 Å². The average molecular weight is 1770 g/mol. The summed E-state index contributed by atoms with van der Waals surface area (Å²) in [6.07, 6.45) is 7.98. The zero-order chi connectivity index (χ0) is 91.5. The maximum Gasteiger partial charge on any atom is 0.407 e. The Morgan fingerprint density at radius 2 is 1.34 bits per heavy atom. The number of likely N-dealkylation sites (tertiary alicyclic amines) is 1. The molecule has 1 aliphatic rings. The second-order valence-electron chi connectivity index (χ2n) is 33.3. The molecule has 33 nitrogen and oxygen atoms in total. The van der Waals surface area contributed by atoms with Gasteiger partial charge in [-0.3, -0.25) is 43.3 Å². The summed E-state index contributed by atoms with van der Waals surface area (Å²) in [5, 5.41) is 28.9. The number of nitrogens with zero attached hydrogens (tertiary/aromatic N) is 6. The van der Waals surface area contributed by atoms with Crippen molar-refractivity contribution in [1.29, 1.82) is 0 Å². The number of urea groups is 1. The van der Waals surface area contributed by atoms with E-state index in [2.05, 4.69) is 91.4 Å². The van der Waals surface area contributed by atoms with Crippen molar-refractivity contribution in [2.45, 2.75) is 228 Å². The fourth-order valence-electron chi connectivity index (χ4n) is 15.1. The number of hydrogen-bond donors (Lipinski definition) is 10. The molecular weight excluding hydrogens is 1640 g/mol. The Balaban J connectivity index is 0.743. The third-order valence-corrected chi connectivity index (χ3v) is 23.6. The largest absolute Gasteiger partial charge is 0.508 e. The molecule has 126 heavy (non-hydrogen) atoms. The van der Waals surface area contributed by atoms with Crippen LogP contribution in [-0.4, -0.2) is 222 Å². The number of carbonyl (C=O) groups excluding carboxylic acids is 11. The molecule has 692 valence electrons. The number of fused-ring (bicyclic) bond motifs is 1. The Kier molecular flexibility index (Phi) is 45.0. The summed E-state index contributed by atoms with van der Waals surface area (Å²) in [5.74, 6) is -3.60. The molecule has 9 atom stereocenters. The van der Waals surface area contributed by atoms with Crippen LogP contribution >= 0.6 is 11.3 Å². The second kappa shape index (κ2) is 55.3. The number of ketones is 4. The van der Waals surface area contributed by atoms with Crippen LogP contribution in [0.1, 0.15) is 214 Å². The molecule has 0 saturated carbocycles. The first kappa shape index (κ1) is 103. The number of anilines is 1. The van der Waals surface area contributed by atoms with Crippen LogP contribution in [0.2, 0.25) is 0 Å². The topological polar surface area (TPSA) is 461 Å². The minimum Gasteiger partial charge on any atom is -0.508 e. The zero-order valence-corrected chi connectivity index (χ0v) is 75.9. The van der Waals surface area contributed by atoms with E-state index in [1.165, 1.54) is 11.3 Å². The SMILES string of the molecule is CCCO[C@H](C[C@H](C(C)C)N(CCC)C(=O)[C@@H](CC(=O)[C@H]1CCCCN1C)[C@@H](C)CC)c1nc(C(=O)N[C@@H](Cc2ccc(O)cc2)C[C@H](C)C(=O)CNC(=O)OCCOCCOCCOCCNC(=O)OCc2ccc(CC(=O)[C@H](CCCNC(N)=O)NC(=O)[C@@H](CC(=O)CCCC(=O)NCc3ccc(CCc4nc(N)nc5nc[nH]c45)cc3)C(C)C)cc2)cs1. The highest BCUT2D eigenvalue weighted by Gasteiger charge is 2.39. The van der Waals surface area contributed by atoms with E-state index in [1.807, 2.05) is 57.0 Å². The Labute approximate surface area is 744 Å². The van der Waals surface area contributed by atoms with Gasteiger partial charge in [0.25, 0.3) is 5.91 Å². The number of primary amides is 1. The fourth-order valence-corrected chi connectivity index (χ4v) is 16.0. The standard InChI is InChI=1S/C92H135N15O18S/c1-11-38-107(88(116)72(61(8)13-3)52-79(111)76-20-14-15-39-106(76)10)77(60(6)7)53-81(123-40-12-2)87-103-75(57-126-87)86(115)101-68(49-64-30-33-69(108)34-31-64)48-62(9)80(112)55-98-92(119)124-47-46-122-45-44-121-43-42-120-41-37-96-91(118)125-56-67-28-24-65(25-29-67)50-78(110)73(19-17-36-95-90(94)117)102-85(114)71(59(4)5)51-70(109)18-16-21-82(113)97-54-66-26-22-63(23-27-66)32-35-74-83-84(100-58-99-83)105-89(93)104-74/h22-31,33-34,57-62,68,71-73,76-77,81,108H,11-21,32,35-56H2,1-10H3,(H,96,118)(H,97,113)(H,98,119)(H,101,115)(H,102,114)(H3,94,95,117)(H3,93,99,100,104,105)/t61-,62-,68+,71-,72-,73-,76+,77+,81+/m0/s1. The number of nitrogen functional groups attached to an aromatic ring is 1. The monoisotopic (exact) mass is 1770 g/mol. The number of phenolic OH excluding ortho intramolecular Hbond substituents is 1. The normalized spacial score (nSPS) is 14.8. The van der Waals surface area contributed by atoms with Gasteiger partial charge in [0.05, 0.1) is 70.3 Å². The average Bonchev–Trinajstić information content (AvgIpc) is 1.47. The van der Waals surface area contributed by atoms with Gasteiger partial charge in [0, 0.05) is 107 Å². The highest BCUT2D eigenvalue weighted by atomic mass is 32.1. The van der Waals surface area contributed by atoms with Crippen molar-refractivity contribution < 1.29 is 86.3 Å². The van der Waals surface area contributed by atoms with E-state index >= 15 is 0 Å². The molecule has 1 fully saturated rings. The number of imidazole rings is 1. The number of nitrogens with two attached hydrogens (primary N) is 2. The summed E-state index contributed by atoms with van der Waals surface area (Å²) in [6, 6.07) is 18.7. The number of thiazole rings is 1. The van der Waals surface area contributed by atoms with Gasteiger partial charge in [-0.05, 0) is 142 Å². The van der Waals surface area contributed by atoms with E-state index in [9.17, 15) is 57.8 Å². The van der Waals surface area contributed by atoms with Gasteiger partial charge >= 0.3 is 18.2 Å². The molecule has 4 heterocycles. The molecule has 34 heteroatoms. The summed E-state index contributed by atoms with van der Waals surface area (Å²) in [7, 11) is 2.00. The smallest absolute Gasteiger partial charge is 0.407 e. The number of aryl methyl sites for hydroxylation is 2. The van der Waals surface area contributed by atoms with E-state index in [0.29, 0.717) is 80.0 Å². The van der Waals surface area contributed by atoms with Gasteiger partial charge in [-0.2, -0.15) is 4.98 Å². The number of H-pyrrole nitrogens is 1. The minimum absolute atomic E-state index is 0.00584. The lowest BCUT2D eigenvalue weighted by Crippen LogP contribution is -2.50. The summed E-state index contributed by atoms with van der Waals surface area (Å²) in [5.41, 5.74) is 17.4. The summed E-state index contributed by atoms with van der Waals surface area (Å²) < 4.78 is 33.8. The molecule has 0 unspecified atom stereocenters. The van der Waals surface area contributed by atoms with Crippen LogP contribution in [-0.2, 0) is 101 Å². The van der Waals surface area contributed by atoms with Gasteiger partial charge in [0.1, 0.15) is 47.1 Å². The highest BCUT2D eigenvalue weighted by Crippen LogP contribution is 2.35. The molecule has 8 amide bonds. The second-order valence-corrected chi connectivity index (χ2v) is 34.2. The number of aromatic amines is 1. The van der Waals surface area contributed by atoms with Gasteiger partial charge in [-0.15, -0.1) is 11.3 Å². The van der Waals surface area contributed by atoms with Crippen molar-refractivity contribution in [1.82, 2.24) is 66.6 Å².